The fourth-order valence-corrected chi connectivity index (χ4v) is 3.81. The summed E-state index contributed by atoms with van der Waals surface area (Å²) in [6, 6.07) is 2.50. The number of nitriles is 1. The molecule has 0 aromatic rings. The van der Waals surface area contributed by atoms with Gasteiger partial charge in [0.25, 0.3) is 0 Å². The zero-order valence-corrected chi connectivity index (χ0v) is 11.6. The second kappa shape index (κ2) is 5.19. The standard InChI is InChI=1S/C15H25NO2/c1-3-13-10-15(17,7-8-18-13)14(11-16)6-4-5-12(2)9-14/h12-13,17H,3-10H2,1-2H3. The zero-order valence-electron chi connectivity index (χ0n) is 11.6. The maximum atomic E-state index is 11.1. The van der Waals surface area contributed by atoms with E-state index < -0.39 is 11.0 Å². The molecule has 1 aliphatic carbocycles. The zero-order chi connectivity index (χ0) is 13.2. The van der Waals surface area contributed by atoms with Crippen molar-refractivity contribution in [2.24, 2.45) is 11.3 Å². The Kier molecular flexibility index (Phi) is 3.99. The van der Waals surface area contributed by atoms with Crippen LogP contribution in [-0.4, -0.2) is 23.4 Å². The normalized spacial score (nSPS) is 45.4. The van der Waals surface area contributed by atoms with E-state index in [1.807, 2.05) is 0 Å². The van der Waals surface area contributed by atoms with E-state index in [0.717, 1.165) is 25.7 Å². The lowest BCUT2D eigenvalue weighted by Crippen LogP contribution is -2.54. The van der Waals surface area contributed by atoms with E-state index in [4.69, 9.17) is 4.74 Å². The summed E-state index contributed by atoms with van der Waals surface area (Å²) in [5.74, 6) is 0.547. The van der Waals surface area contributed by atoms with E-state index in [1.54, 1.807) is 0 Å². The first-order chi connectivity index (χ1) is 8.55. The van der Waals surface area contributed by atoms with E-state index in [-0.39, 0.29) is 6.10 Å². The molecule has 2 aliphatic rings. The minimum Gasteiger partial charge on any atom is -0.388 e. The first-order valence-corrected chi connectivity index (χ1v) is 7.30. The Balaban J connectivity index is 2.22. The SMILES string of the molecule is CCC1CC(O)(C2(C#N)CCCC(C)C2)CCO1. The number of nitrogens with zero attached hydrogens (tertiary/aromatic N) is 1. The molecule has 0 bridgehead atoms. The molecule has 0 radical (unpaired) electrons. The highest BCUT2D eigenvalue weighted by molar-refractivity contribution is 5.14. The van der Waals surface area contributed by atoms with Gasteiger partial charge in [-0.15, -0.1) is 0 Å². The molecule has 3 heteroatoms. The summed E-state index contributed by atoms with van der Waals surface area (Å²) in [5, 5.41) is 20.7. The highest BCUT2D eigenvalue weighted by atomic mass is 16.5. The van der Waals surface area contributed by atoms with Crippen molar-refractivity contribution in [2.75, 3.05) is 6.61 Å². The van der Waals surface area contributed by atoms with Gasteiger partial charge in [-0.2, -0.15) is 5.26 Å². The van der Waals surface area contributed by atoms with Gasteiger partial charge >= 0.3 is 0 Å². The van der Waals surface area contributed by atoms with E-state index in [1.165, 1.54) is 6.42 Å². The molecule has 102 valence electrons. The molecule has 2 rings (SSSR count). The Labute approximate surface area is 110 Å². The van der Waals surface area contributed by atoms with Crippen molar-refractivity contribution in [3.8, 4) is 6.07 Å². The minimum atomic E-state index is -0.838. The molecule has 0 aromatic heterocycles. The van der Waals surface area contributed by atoms with E-state index in [2.05, 4.69) is 19.9 Å². The lowest BCUT2D eigenvalue weighted by molar-refractivity contribution is -0.163. The molecule has 1 heterocycles. The van der Waals surface area contributed by atoms with Crippen LogP contribution in [0.3, 0.4) is 0 Å². The molecule has 0 spiro atoms. The van der Waals surface area contributed by atoms with Gasteiger partial charge < -0.3 is 9.84 Å². The molecule has 18 heavy (non-hydrogen) atoms. The maximum absolute atomic E-state index is 11.1. The number of aliphatic hydroxyl groups is 1. The van der Waals surface area contributed by atoms with Crippen molar-refractivity contribution in [3.05, 3.63) is 0 Å². The van der Waals surface area contributed by atoms with Crippen LogP contribution in [0.2, 0.25) is 0 Å². The molecule has 4 unspecified atom stereocenters. The Morgan fingerprint density at radius 3 is 2.78 bits per heavy atom. The van der Waals surface area contributed by atoms with Crippen molar-refractivity contribution in [1.29, 1.82) is 5.26 Å². The fourth-order valence-electron chi connectivity index (χ4n) is 3.81. The van der Waals surface area contributed by atoms with Crippen LogP contribution in [0.25, 0.3) is 0 Å². The molecule has 1 saturated carbocycles. The summed E-state index contributed by atoms with van der Waals surface area (Å²) in [6.45, 7) is 4.87. The fraction of sp³-hybridized carbons (Fsp3) is 0.933. The number of ether oxygens (including phenoxy) is 1. The van der Waals surface area contributed by atoms with Crippen LogP contribution < -0.4 is 0 Å². The van der Waals surface area contributed by atoms with Gasteiger partial charge in [-0.3, -0.25) is 0 Å². The minimum absolute atomic E-state index is 0.117. The molecule has 1 saturated heterocycles. The lowest BCUT2D eigenvalue weighted by Gasteiger charge is -2.50. The van der Waals surface area contributed by atoms with Gasteiger partial charge in [0, 0.05) is 19.4 Å². The molecule has 0 aromatic carbocycles. The first kappa shape index (κ1) is 13.8. The van der Waals surface area contributed by atoms with Crippen LogP contribution >= 0.6 is 0 Å². The van der Waals surface area contributed by atoms with Gasteiger partial charge in [0.2, 0.25) is 0 Å². The number of hydrogen-bond donors (Lipinski definition) is 1. The van der Waals surface area contributed by atoms with Crippen LogP contribution in [0.15, 0.2) is 0 Å². The largest absolute Gasteiger partial charge is 0.388 e. The molecule has 2 fully saturated rings. The third kappa shape index (κ3) is 2.29. The summed E-state index contributed by atoms with van der Waals surface area (Å²) < 4.78 is 5.66. The van der Waals surface area contributed by atoms with Crippen LogP contribution in [0, 0.1) is 22.7 Å². The van der Waals surface area contributed by atoms with Gasteiger partial charge in [-0.1, -0.05) is 26.7 Å². The topological polar surface area (TPSA) is 53.2 Å². The molecular weight excluding hydrogens is 226 g/mol. The highest BCUT2D eigenvalue weighted by Crippen LogP contribution is 2.51. The lowest BCUT2D eigenvalue weighted by atomic mass is 9.58. The first-order valence-electron chi connectivity index (χ1n) is 7.30. The second-order valence-electron chi connectivity index (χ2n) is 6.28. The van der Waals surface area contributed by atoms with Gasteiger partial charge in [-0.25, -0.2) is 0 Å². The van der Waals surface area contributed by atoms with Crippen molar-refractivity contribution in [1.82, 2.24) is 0 Å². The van der Waals surface area contributed by atoms with Crippen molar-refractivity contribution in [2.45, 2.75) is 70.5 Å². The van der Waals surface area contributed by atoms with Crippen LogP contribution in [0.5, 0.6) is 0 Å². The smallest absolute Gasteiger partial charge is 0.0879 e. The summed E-state index contributed by atoms with van der Waals surface area (Å²) >= 11 is 0. The average molecular weight is 251 g/mol. The molecule has 4 atom stereocenters. The second-order valence-corrected chi connectivity index (χ2v) is 6.28. The Morgan fingerprint density at radius 1 is 1.39 bits per heavy atom. The van der Waals surface area contributed by atoms with E-state index >= 15 is 0 Å². The maximum Gasteiger partial charge on any atom is 0.0879 e. The van der Waals surface area contributed by atoms with Gasteiger partial charge in [-0.05, 0) is 25.2 Å². The molecule has 1 aliphatic heterocycles. The predicted molar refractivity (Wildman–Crippen MR) is 69.9 cm³/mol. The molecule has 1 N–H and O–H groups in total. The Hall–Kier alpha value is -0.590. The van der Waals surface area contributed by atoms with Crippen molar-refractivity contribution in [3.63, 3.8) is 0 Å². The summed E-state index contributed by atoms with van der Waals surface area (Å²) in [4.78, 5) is 0. The molecule has 0 amide bonds. The molecule has 3 nitrogen and oxygen atoms in total. The van der Waals surface area contributed by atoms with Crippen LogP contribution in [0.1, 0.15) is 58.8 Å². The van der Waals surface area contributed by atoms with Crippen molar-refractivity contribution >= 4 is 0 Å². The third-order valence-electron chi connectivity index (χ3n) is 4.99. The van der Waals surface area contributed by atoms with Crippen molar-refractivity contribution < 1.29 is 9.84 Å². The Morgan fingerprint density at radius 2 is 2.17 bits per heavy atom. The van der Waals surface area contributed by atoms with Gasteiger partial charge in [0.05, 0.1) is 23.2 Å². The average Bonchev–Trinajstić information content (AvgIpc) is 2.38. The quantitative estimate of drug-likeness (QED) is 0.820. The number of hydrogen-bond acceptors (Lipinski definition) is 3. The third-order valence-corrected chi connectivity index (χ3v) is 4.99. The summed E-state index contributed by atoms with van der Waals surface area (Å²) in [6.07, 6.45) is 6.22. The molecular formula is C15H25NO2. The number of rotatable bonds is 2. The predicted octanol–water partition coefficient (Wildman–Crippen LogP) is 3.03. The van der Waals surface area contributed by atoms with Crippen LogP contribution in [-0.2, 0) is 4.74 Å². The summed E-state index contributed by atoms with van der Waals surface area (Å²) in [5.41, 5.74) is -1.38. The van der Waals surface area contributed by atoms with E-state index in [0.29, 0.717) is 25.4 Å². The van der Waals surface area contributed by atoms with Gasteiger partial charge in [0.1, 0.15) is 0 Å². The summed E-state index contributed by atoms with van der Waals surface area (Å²) in [7, 11) is 0. The van der Waals surface area contributed by atoms with E-state index in [9.17, 15) is 10.4 Å². The Bertz CT molecular complexity index is 338. The monoisotopic (exact) mass is 251 g/mol. The highest BCUT2D eigenvalue weighted by Gasteiger charge is 2.54. The van der Waals surface area contributed by atoms with Crippen LogP contribution in [0.4, 0.5) is 0 Å². The van der Waals surface area contributed by atoms with Gasteiger partial charge in [0.15, 0.2) is 0 Å².